The van der Waals surface area contributed by atoms with Gasteiger partial charge < -0.3 is 9.80 Å². The lowest BCUT2D eigenvalue weighted by Crippen LogP contribution is -2.41. The summed E-state index contributed by atoms with van der Waals surface area (Å²) in [6.45, 7) is 4.56. The number of carbonyl (C=O) groups excluding carboxylic acids is 2. The molecule has 116 valence electrons. The molecule has 0 spiro atoms. The van der Waals surface area contributed by atoms with Gasteiger partial charge in [0.25, 0.3) is 5.91 Å². The van der Waals surface area contributed by atoms with Gasteiger partial charge >= 0.3 is 0 Å². The molecule has 1 aromatic rings. The van der Waals surface area contributed by atoms with Crippen molar-refractivity contribution in [1.29, 1.82) is 0 Å². The van der Waals surface area contributed by atoms with Gasteiger partial charge in [-0.1, -0.05) is 11.6 Å². The fourth-order valence-corrected chi connectivity index (χ4v) is 2.07. The number of hydrogen-bond donors (Lipinski definition) is 0. The van der Waals surface area contributed by atoms with Crippen molar-refractivity contribution in [1.82, 2.24) is 9.80 Å². The fraction of sp³-hybridized carbons (Fsp3) is 0.429. The van der Waals surface area contributed by atoms with Crippen LogP contribution in [0.4, 0.5) is 8.78 Å². The number of hydrogen-bond acceptors (Lipinski definition) is 2. The van der Waals surface area contributed by atoms with Crippen LogP contribution in [0.15, 0.2) is 12.1 Å². The first kappa shape index (κ1) is 17.4. The van der Waals surface area contributed by atoms with Gasteiger partial charge in [0.2, 0.25) is 5.91 Å². The van der Waals surface area contributed by atoms with E-state index in [1.807, 2.05) is 13.8 Å². The van der Waals surface area contributed by atoms with Gasteiger partial charge in [-0.3, -0.25) is 9.59 Å². The van der Waals surface area contributed by atoms with Gasteiger partial charge in [-0.2, -0.15) is 0 Å². The van der Waals surface area contributed by atoms with Crippen LogP contribution >= 0.6 is 11.6 Å². The van der Waals surface area contributed by atoms with Crippen molar-refractivity contribution in [2.75, 3.05) is 26.7 Å². The number of amides is 2. The summed E-state index contributed by atoms with van der Waals surface area (Å²) >= 11 is 5.74. The molecule has 0 bridgehead atoms. The molecule has 7 heteroatoms. The molecule has 0 aromatic heterocycles. The Morgan fingerprint density at radius 2 is 1.67 bits per heavy atom. The predicted octanol–water partition coefficient (Wildman–Crippen LogP) is 2.56. The Hall–Kier alpha value is -1.69. The topological polar surface area (TPSA) is 40.6 Å². The van der Waals surface area contributed by atoms with Crippen molar-refractivity contribution in [3.05, 3.63) is 34.4 Å². The maximum atomic E-state index is 13.2. The Morgan fingerprint density at radius 3 is 2.19 bits per heavy atom. The third-order valence-electron chi connectivity index (χ3n) is 3.08. The summed E-state index contributed by atoms with van der Waals surface area (Å²) in [5, 5.41) is -0.193. The van der Waals surface area contributed by atoms with Gasteiger partial charge in [0.1, 0.15) is 0 Å². The maximum absolute atomic E-state index is 13.2. The summed E-state index contributed by atoms with van der Waals surface area (Å²) < 4.78 is 26.2. The minimum atomic E-state index is -1.16. The second-order valence-electron chi connectivity index (χ2n) is 4.47. The van der Waals surface area contributed by atoms with Crippen LogP contribution < -0.4 is 0 Å². The first-order chi connectivity index (χ1) is 9.81. The Kier molecular flexibility index (Phi) is 6.08. The van der Waals surface area contributed by atoms with Gasteiger partial charge in [-0.05, 0) is 26.0 Å². The molecule has 0 aliphatic heterocycles. The van der Waals surface area contributed by atoms with Crippen molar-refractivity contribution in [2.45, 2.75) is 13.8 Å². The molecule has 1 rings (SSSR count). The summed E-state index contributed by atoms with van der Waals surface area (Å²) in [5.41, 5.74) is -0.176. The van der Waals surface area contributed by atoms with E-state index < -0.39 is 17.5 Å². The van der Waals surface area contributed by atoms with E-state index in [0.29, 0.717) is 13.1 Å². The summed E-state index contributed by atoms with van der Waals surface area (Å²) in [4.78, 5) is 26.8. The zero-order chi connectivity index (χ0) is 16.2. The number of rotatable bonds is 5. The highest BCUT2D eigenvalue weighted by molar-refractivity contribution is 6.33. The number of benzene rings is 1. The monoisotopic (exact) mass is 318 g/mol. The second-order valence-corrected chi connectivity index (χ2v) is 4.88. The first-order valence-corrected chi connectivity index (χ1v) is 6.87. The molecule has 0 aliphatic carbocycles. The first-order valence-electron chi connectivity index (χ1n) is 6.49. The maximum Gasteiger partial charge on any atom is 0.255 e. The molecule has 0 saturated carbocycles. The van der Waals surface area contributed by atoms with Crippen molar-refractivity contribution in [3.8, 4) is 0 Å². The van der Waals surface area contributed by atoms with Crippen molar-refractivity contribution >= 4 is 23.4 Å². The summed E-state index contributed by atoms with van der Waals surface area (Å²) in [6, 6.07) is 1.47. The molecule has 2 amide bonds. The Bertz CT molecular complexity index is 548. The van der Waals surface area contributed by atoms with Gasteiger partial charge in [0, 0.05) is 20.1 Å². The molecule has 0 fully saturated rings. The van der Waals surface area contributed by atoms with Crippen LogP contribution in [0.2, 0.25) is 5.02 Å². The number of halogens is 3. The summed E-state index contributed by atoms with van der Waals surface area (Å²) in [5.74, 6) is -3.15. The van der Waals surface area contributed by atoms with Crippen LogP contribution in [-0.4, -0.2) is 48.3 Å². The molecule has 0 heterocycles. The van der Waals surface area contributed by atoms with E-state index in [0.717, 1.165) is 17.0 Å². The third kappa shape index (κ3) is 4.14. The third-order valence-corrected chi connectivity index (χ3v) is 3.39. The lowest BCUT2D eigenvalue weighted by Gasteiger charge is -2.23. The van der Waals surface area contributed by atoms with Crippen molar-refractivity contribution < 1.29 is 18.4 Å². The quantitative estimate of drug-likeness (QED) is 0.783. The molecule has 0 radical (unpaired) electrons. The van der Waals surface area contributed by atoms with E-state index in [4.69, 9.17) is 11.6 Å². The van der Waals surface area contributed by atoms with E-state index in [1.54, 1.807) is 4.90 Å². The van der Waals surface area contributed by atoms with Gasteiger partial charge in [0.05, 0.1) is 17.1 Å². The molecule has 21 heavy (non-hydrogen) atoms. The van der Waals surface area contributed by atoms with Crippen LogP contribution in [0.1, 0.15) is 24.2 Å². The zero-order valence-corrected chi connectivity index (χ0v) is 12.9. The highest BCUT2D eigenvalue weighted by Crippen LogP contribution is 2.21. The van der Waals surface area contributed by atoms with Gasteiger partial charge in [-0.25, -0.2) is 8.78 Å². The van der Waals surface area contributed by atoms with Crippen LogP contribution in [0.25, 0.3) is 0 Å². The summed E-state index contributed by atoms with van der Waals surface area (Å²) in [6.07, 6.45) is 0. The molecular weight excluding hydrogens is 302 g/mol. The standard InChI is InChI=1S/C14H17ClF2N2O2/c1-4-19(5-2)13(20)8-18(3)14(21)9-6-11(16)12(17)7-10(9)15/h6-7H,4-5,8H2,1-3H3. The molecule has 1 aromatic carbocycles. The lowest BCUT2D eigenvalue weighted by molar-refractivity contribution is -0.131. The van der Waals surface area contributed by atoms with E-state index in [9.17, 15) is 18.4 Å². The molecule has 0 atom stereocenters. The summed E-state index contributed by atoms with van der Waals surface area (Å²) in [7, 11) is 1.40. The largest absolute Gasteiger partial charge is 0.342 e. The fourth-order valence-electron chi connectivity index (χ4n) is 1.84. The van der Waals surface area contributed by atoms with Crippen molar-refractivity contribution in [2.24, 2.45) is 0 Å². The van der Waals surface area contributed by atoms with Crippen molar-refractivity contribution in [3.63, 3.8) is 0 Å². The number of carbonyl (C=O) groups is 2. The van der Waals surface area contributed by atoms with E-state index in [2.05, 4.69) is 0 Å². The van der Waals surface area contributed by atoms with Crippen LogP contribution in [0, 0.1) is 11.6 Å². The highest BCUT2D eigenvalue weighted by Gasteiger charge is 2.21. The molecule has 0 aliphatic rings. The van der Waals surface area contributed by atoms with Crippen LogP contribution in [0.3, 0.4) is 0 Å². The molecule has 0 saturated heterocycles. The Morgan fingerprint density at radius 1 is 1.14 bits per heavy atom. The number of nitrogens with zero attached hydrogens (tertiary/aromatic N) is 2. The molecular formula is C14H17ClF2N2O2. The van der Waals surface area contributed by atoms with E-state index >= 15 is 0 Å². The predicted molar refractivity (Wildman–Crippen MR) is 76.3 cm³/mol. The minimum Gasteiger partial charge on any atom is -0.342 e. The normalized spacial score (nSPS) is 10.4. The zero-order valence-electron chi connectivity index (χ0n) is 12.1. The Labute approximate surface area is 127 Å². The molecule has 4 nitrogen and oxygen atoms in total. The number of likely N-dealkylation sites (N-methyl/N-ethyl adjacent to an activating group) is 2. The molecule has 0 N–H and O–H groups in total. The van der Waals surface area contributed by atoms with E-state index in [1.165, 1.54) is 7.05 Å². The molecule has 0 unspecified atom stereocenters. The average Bonchev–Trinajstić information content (AvgIpc) is 2.43. The van der Waals surface area contributed by atoms with Crippen LogP contribution in [0.5, 0.6) is 0 Å². The smallest absolute Gasteiger partial charge is 0.255 e. The minimum absolute atomic E-state index is 0.157. The highest BCUT2D eigenvalue weighted by atomic mass is 35.5. The van der Waals surface area contributed by atoms with Gasteiger partial charge in [-0.15, -0.1) is 0 Å². The van der Waals surface area contributed by atoms with Gasteiger partial charge in [0.15, 0.2) is 11.6 Å². The second kappa shape index (κ2) is 7.36. The Balaban J connectivity index is 2.89. The van der Waals surface area contributed by atoms with E-state index in [-0.39, 0.29) is 23.0 Å². The average molecular weight is 319 g/mol. The SMILES string of the molecule is CCN(CC)C(=O)CN(C)C(=O)c1cc(F)c(F)cc1Cl. The lowest BCUT2D eigenvalue weighted by atomic mass is 10.2. The van der Waals surface area contributed by atoms with Crippen LogP contribution in [-0.2, 0) is 4.79 Å².